The quantitative estimate of drug-likeness (QED) is 0.763. The van der Waals surface area contributed by atoms with E-state index in [-0.39, 0.29) is 6.04 Å². The van der Waals surface area contributed by atoms with Gasteiger partial charge in [-0.15, -0.1) is 0 Å². The highest BCUT2D eigenvalue weighted by atomic mass is 79.9. The molecule has 1 aliphatic carbocycles. The molecule has 4 heteroatoms. The SMILES string of the molecule is COc1ccc2c(c1)C(Nc1cc(Br)ccc1Cl)CCC2. The van der Waals surface area contributed by atoms with E-state index in [0.717, 1.165) is 33.8 Å². The lowest BCUT2D eigenvalue weighted by molar-refractivity contribution is 0.413. The third-order valence-corrected chi connectivity index (χ3v) is 4.75. The average molecular weight is 367 g/mol. The molecule has 1 unspecified atom stereocenters. The molecule has 0 saturated heterocycles. The van der Waals surface area contributed by atoms with Gasteiger partial charge in [0.1, 0.15) is 5.75 Å². The molecule has 0 heterocycles. The summed E-state index contributed by atoms with van der Waals surface area (Å²) < 4.78 is 6.38. The lowest BCUT2D eigenvalue weighted by atomic mass is 9.87. The highest BCUT2D eigenvalue weighted by molar-refractivity contribution is 9.10. The summed E-state index contributed by atoms with van der Waals surface area (Å²) in [5.74, 6) is 0.905. The van der Waals surface area contributed by atoms with Gasteiger partial charge in [-0.2, -0.15) is 0 Å². The van der Waals surface area contributed by atoms with Gasteiger partial charge in [-0.1, -0.05) is 33.6 Å². The van der Waals surface area contributed by atoms with E-state index in [0.29, 0.717) is 0 Å². The van der Waals surface area contributed by atoms with Crippen molar-refractivity contribution in [1.82, 2.24) is 0 Å². The molecular formula is C17H17BrClNO. The number of methoxy groups -OCH3 is 1. The van der Waals surface area contributed by atoms with Crippen molar-refractivity contribution in [3.05, 3.63) is 57.0 Å². The fraction of sp³-hybridized carbons (Fsp3) is 0.294. The Balaban J connectivity index is 1.92. The number of rotatable bonds is 3. The molecule has 0 bridgehead atoms. The molecule has 0 spiro atoms. The maximum atomic E-state index is 6.29. The van der Waals surface area contributed by atoms with E-state index >= 15 is 0 Å². The first-order valence-electron chi connectivity index (χ1n) is 7.06. The fourth-order valence-electron chi connectivity index (χ4n) is 2.85. The van der Waals surface area contributed by atoms with Gasteiger partial charge in [0.05, 0.1) is 23.9 Å². The van der Waals surface area contributed by atoms with Gasteiger partial charge >= 0.3 is 0 Å². The molecule has 110 valence electrons. The maximum Gasteiger partial charge on any atom is 0.119 e. The number of hydrogen-bond acceptors (Lipinski definition) is 2. The van der Waals surface area contributed by atoms with Crippen LogP contribution >= 0.6 is 27.5 Å². The standard InChI is InChI=1S/C17H17BrClNO/c1-21-13-7-5-11-3-2-4-16(14(11)10-13)20-17-9-12(18)6-8-15(17)19/h5-10,16,20H,2-4H2,1H3. The number of nitrogens with one attached hydrogen (secondary N) is 1. The first-order chi connectivity index (χ1) is 10.2. The van der Waals surface area contributed by atoms with Crippen molar-refractivity contribution in [1.29, 1.82) is 0 Å². The van der Waals surface area contributed by atoms with Gasteiger partial charge in [0.2, 0.25) is 0 Å². The van der Waals surface area contributed by atoms with Crippen molar-refractivity contribution in [3.8, 4) is 5.75 Å². The summed E-state index contributed by atoms with van der Waals surface area (Å²) in [4.78, 5) is 0. The summed E-state index contributed by atoms with van der Waals surface area (Å²) in [5.41, 5.74) is 3.68. The molecule has 0 amide bonds. The van der Waals surface area contributed by atoms with Crippen molar-refractivity contribution in [2.24, 2.45) is 0 Å². The normalized spacial score (nSPS) is 17.2. The minimum atomic E-state index is 0.274. The average Bonchev–Trinajstić information content (AvgIpc) is 2.51. The fourth-order valence-corrected chi connectivity index (χ4v) is 3.38. The number of anilines is 1. The molecule has 0 radical (unpaired) electrons. The van der Waals surface area contributed by atoms with E-state index < -0.39 is 0 Å². The second-order valence-corrected chi connectivity index (χ2v) is 6.60. The molecule has 1 atom stereocenters. The van der Waals surface area contributed by atoms with Crippen LogP contribution in [0.3, 0.4) is 0 Å². The van der Waals surface area contributed by atoms with Crippen LogP contribution < -0.4 is 10.1 Å². The van der Waals surface area contributed by atoms with Crippen LogP contribution in [0.25, 0.3) is 0 Å². The smallest absolute Gasteiger partial charge is 0.119 e. The topological polar surface area (TPSA) is 21.3 Å². The summed E-state index contributed by atoms with van der Waals surface area (Å²) in [6.45, 7) is 0. The van der Waals surface area contributed by atoms with Gasteiger partial charge in [-0.05, 0) is 60.7 Å². The van der Waals surface area contributed by atoms with Crippen LogP contribution in [-0.2, 0) is 6.42 Å². The van der Waals surface area contributed by atoms with Crippen molar-refractivity contribution in [2.45, 2.75) is 25.3 Å². The van der Waals surface area contributed by atoms with Crippen LogP contribution in [0.1, 0.15) is 30.0 Å². The maximum absolute atomic E-state index is 6.29. The van der Waals surface area contributed by atoms with Crippen molar-refractivity contribution < 1.29 is 4.74 Å². The molecule has 1 aliphatic rings. The minimum Gasteiger partial charge on any atom is -0.497 e. The number of halogens is 2. The highest BCUT2D eigenvalue weighted by Gasteiger charge is 2.21. The summed E-state index contributed by atoms with van der Waals surface area (Å²) in [6.07, 6.45) is 3.41. The molecule has 2 aromatic rings. The Morgan fingerprint density at radius 3 is 2.90 bits per heavy atom. The number of benzene rings is 2. The minimum absolute atomic E-state index is 0.274. The Bertz CT molecular complexity index is 659. The lowest BCUT2D eigenvalue weighted by Gasteiger charge is -2.28. The van der Waals surface area contributed by atoms with Crippen LogP contribution in [0, 0.1) is 0 Å². The van der Waals surface area contributed by atoms with Gasteiger partial charge in [0, 0.05) is 4.47 Å². The third-order valence-electron chi connectivity index (χ3n) is 3.93. The van der Waals surface area contributed by atoms with Crippen molar-refractivity contribution >= 4 is 33.2 Å². The van der Waals surface area contributed by atoms with Crippen LogP contribution in [0.2, 0.25) is 5.02 Å². The first-order valence-corrected chi connectivity index (χ1v) is 8.23. The highest BCUT2D eigenvalue weighted by Crippen LogP contribution is 2.37. The molecule has 0 aliphatic heterocycles. The number of aryl methyl sites for hydroxylation is 1. The van der Waals surface area contributed by atoms with E-state index in [9.17, 15) is 0 Å². The zero-order valence-corrected chi connectivity index (χ0v) is 14.2. The lowest BCUT2D eigenvalue weighted by Crippen LogP contribution is -2.17. The van der Waals surface area contributed by atoms with E-state index in [1.165, 1.54) is 17.5 Å². The van der Waals surface area contributed by atoms with Gasteiger partial charge in [0.15, 0.2) is 0 Å². The van der Waals surface area contributed by atoms with E-state index in [1.54, 1.807) is 7.11 Å². The van der Waals surface area contributed by atoms with E-state index in [2.05, 4.69) is 33.4 Å². The van der Waals surface area contributed by atoms with Gasteiger partial charge in [0.25, 0.3) is 0 Å². The Labute approximate surface area is 138 Å². The molecule has 2 nitrogen and oxygen atoms in total. The number of fused-ring (bicyclic) bond motifs is 1. The molecule has 2 aromatic carbocycles. The van der Waals surface area contributed by atoms with E-state index in [4.69, 9.17) is 16.3 Å². The molecule has 0 saturated carbocycles. The van der Waals surface area contributed by atoms with Crippen LogP contribution in [0.5, 0.6) is 5.75 Å². The van der Waals surface area contributed by atoms with Crippen molar-refractivity contribution in [3.63, 3.8) is 0 Å². The first kappa shape index (κ1) is 14.7. The molecule has 0 aromatic heterocycles. The molecule has 3 rings (SSSR count). The van der Waals surface area contributed by atoms with Gasteiger partial charge in [-0.3, -0.25) is 0 Å². The predicted octanol–water partition coefficient (Wildman–Crippen LogP) is 5.60. The van der Waals surface area contributed by atoms with Crippen LogP contribution in [0.4, 0.5) is 5.69 Å². The largest absolute Gasteiger partial charge is 0.497 e. The number of ether oxygens (including phenoxy) is 1. The predicted molar refractivity (Wildman–Crippen MR) is 91.4 cm³/mol. The Kier molecular flexibility index (Phi) is 4.41. The summed E-state index contributed by atoms with van der Waals surface area (Å²) in [7, 11) is 1.71. The van der Waals surface area contributed by atoms with Gasteiger partial charge in [-0.25, -0.2) is 0 Å². The molecule has 0 fully saturated rings. The van der Waals surface area contributed by atoms with Crippen LogP contribution in [-0.4, -0.2) is 7.11 Å². The van der Waals surface area contributed by atoms with Crippen molar-refractivity contribution in [2.75, 3.05) is 12.4 Å². The second-order valence-electron chi connectivity index (χ2n) is 5.28. The Hall–Kier alpha value is -1.19. The summed E-state index contributed by atoms with van der Waals surface area (Å²) >= 11 is 9.79. The Morgan fingerprint density at radius 1 is 1.24 bits per heavy atom. The third kappa shape index (κ3) is 3.19. The van der Waals surface area contributed by atoms with Gasteiger partial charge < -0.3 is 10.1 Å². The molecular weight excluding hydrogens is 350 g/mol. The monoisotopic (exact) mass is 365 g/mol. The number of hydrogen-bond donors (Lipinski definition) is 1. The van der Waals surface area contributed by atoms with E-state index in [1.807, 2.05) is 24.3 Å². The zero-order chi connectivity index (χ0) is 14.8. The zero-order valence-electron chi connectivity index (χ0n) is 11.8. The summed E-state index contributed by atoms with van der Waals surface area (Å²) in [5, 5.41) is 4.32. The Morgan fingerprint density at radius 2 is 2.10 bits per heavy atom. The summed E-state index contributed by atoms with van der Waals surface area (Å²) in [6, 6.07) is 12.5. The molecule has 21 heavy (non-hydrogen) atoms. The second kappa shape index (κ2) is 6.29. The molecule has 1 N–H and O–H groups in total. The van der Waals surface area contributed by atoms with Crippen LogP contribution in [0.15, 0.2) is 40.9 Å².